The Morgan fingerprint density at radius 1 is 1.10 bits per heavy atom. The molecule has 2 heteroatoms. The van der Waals surface area contributed by atoms with Crippen molar-refractivity contribution in [1.29, 1.82) is 0 Å². The summed E-state index contributed by atoms with van der Waals surface area (Å²) in [7, 11) is 0. The van der Waals surface area contributed by atoms with Gasteiger partial charge < -0.3 is 10.0 Å². The average Bonchev–Trinajstić information content (AvgIpc) is 2.55. The quantitative estimate of drug-likeness (QED) is 0.840. The molecule has 0 amide bonds. The molecule has 0 spiro atoms. The van der Waals surface area contributed by atoms with Gasteiger partial charge in [0.2, 0.25) is 0 Å². The highest BCUT2D eigenvalue weighted by atomic mass is 16.3. The summed E-state index contributed by atoms with van der Waals surface area (Å²) in [6.07, 6.45) is 12.7. The van der Waals surface area contributed by atoms with Crippen LogP contribution >= 0.6 is 0 Å². The molecule has 4 rings (SSSR count). The number of rotatable bonds is 1. The lowest BCUT2D eigenvalue weighted by Crippen LogP contribution is -2.40. The topological polar surface area (TPSA) is 23.5 Å². The molecule has 2 heterocycles. The van der Waals surface area contributed by atoms with E-state index in [1.54, 1.807) is 5.70 Å². The molecule has 2 aliphatic heterocycles. The number of hydrogen-bond acceptors (Lipinski definition) is 2. The summed E-state index contributed by atoms with van der Waals surface area (Å²) in [5.74, 6) is 1.20. The Hall–Kier alpha value is -1.96. The summed E-state index contributed by atoms with van der Waals surface area (Å²) in [5, 5.41) is 10.3. The molecule has 3 aliphatic rings. The van der Waals surface area contributed by atoms with Crippen LogP contribution < -0.4 is 0 Å². The number of para-hydroxylation sites is 1. The first kappa shape index (κ1) is 12.8. The van der Waals surface area contributed by atoms with Crippen molar-refractivity contribution in [3.63, 3.8) is 0 Å². The second kappa shape index (κ2) is 5.10. The highest BCUT2D eigenvalue weighted by molar-refractivity contribution is 5.46. The maximum Gasteiger partial charge on any atom is 0.119 e. The van der Waals surface area contributed by atoms with Crippen molar-refractivity contribution in [3.05, 3.63) is 65.4 Å². The third kappa shape index (κ3) is 2.10. The van der Waals surface area contributed by atoms with E-state index < -0.39 is 0 Å². The molecule has 21 heavy (non-hydrogen) atoms. The minimum absolute atomic E-state index is 0.351. The molecule has 1 aromatic rings. The molecule has 2 nitrogen and oxygen atoms in total. The summed E-state index contributed by atoms with van der Waals surface area (Å²) < 4.78 is 0. The minimum atomic E-state index is 0.351. The third-order valence-corrected chi connectivity index (χ3v) is 5.06. The van der Waals surface area contributed by atoms with Gasteiger partial charge in [0.15, 0.2) is 0 Å². The summed E-state index contributed by atoms with van der Waals surface area (Å²) in [6.45, 7) is 2.19. The lowest BCUT2D eigenvalue weighted by molar-refractivity contribution is 0.232. The number of piperidine rings is 1. The molecule has 0 aromatic heterocycles. The molecular weight excluding hydrogens is 258 g/mol. The maximum absolute atomic E-state index is 10.3. The minimum Gasteiger partial charge on any atom is -0.508 e. The van der Waals surface area contributed by atoms with E-state index in [1.807, 2.05) is 18.2 Å². The van der Waals surface area contributed by atoms with Gasteiger partial charge in [-0.2, -0.15) is 0 Å². The largest absolute Gasteiger partial charge is 0.508 e. The van der Waals surface area contributed by atoms with E-state index in [1.165, 1.54) is 24.8 Å². The summed E-state index contributed by atoms with van der Waals surface area (Å²) in [4.78, 5) is 2.55. The van der Waals surface area contributed by atoms with E-state index in [9.17, 15) is 5.11 Å². The van der Waals surface area contributed by atoms with Crippen molar-refractivity contribution < 1.29 is 5.11 Å². The lowest BCUT2D eigenvalue weighted by atomic mass is 9.74. The van der Waals surface area contributed by atoms with Gasteiger partial charge >= 0.3 is 0 Å². The van der Waals surface area contributed by atoms with Crippen molar-refractivity contribution in [1.82, 2.24) is 4.90 Å². The number of phenolic OH excluding ortho intramolecular Hbond substituents is 1. The van der Waals surface area contributed by atoms with Crippen LogP contribution in [0.15, 0.2) is 59.8 Å². The Labute approximate surface area is 126 Å². The Morgan fingerprint density at radius 3 is 2.90 bits per heavy atom. The predicted octanol–water partition coefficient (Wildman–Crippen LogP) is 3.97. The molecule has 2 unspecified atom stereocenters. The second-order valence-corrected chi connectivity index (χ2v) is 6.24. The zero-order valence-corrected chi connectivity index (χ0v) is 12.2. The van der Waals surface area contributed by atoms with Crippen molar-refractivity contribution >= 4 is 0 Å². The van der Waals surface area contributed by atoms with Crippen LogP contribution in [0.2, 0.25) is 0 Å². The zero-order valence-electron chi connectivity index (χ0n) is 12.2. The second-order valence-electron chi connectivity index (χ2n) is 6.24. The molecule has 0 radical (unpaired) electrons. The first-order chi connectivity index (χ1) is 10.3. The number of allylic oxidation sites excluding steroid dienone is 6. The van der Waals surface area contributed by atoms with Gasteiger partial charge in [-0.15, -0.1) is 0 Å². The Bertz CT molecular complexity index is 641. The van der Waals surface area contributed by atoms with Gasteiger partial charge in [-0.05, 0) is 36.5 Å². The SMILES string of the molecule is Oc1ccccc1C1CN2CCCCC2=C2C=CC=CC21. The molecule has 1 aromatic carbocycles. The normalized spacial score (nSPS) is 27.5. The number of fused-ring (bicyclic) bond motifs is 2. The van der Waals surface area contributed by atoms with Crippen LogP contribution in [0.25, 0.3) is 0 Å². The van der Waals surface area contributed by atoms with E-state index in [0.29, 0.717) is 17.6 Å². The van der Waals surface area contributed by atoms with E-state index >= 15 is 0 Å². The highest BCUT2D eigenvalue weighted by Gasteiger charge is 2.36. The average molecular weight is 279 g/mol. The van der Waals surface area contributed by atoms with E-state index in [4.69, 9.17) is 0 Å². The first-order valence-corrected chi connectivity index (χ1v) is 7.95. The number of benzene rings is 1. The van der Waals surface area contributed by atoms with Crippen molar-refractivity contribution in [2.75, 3.05) is 13.1 Å². The Balaban J connectivity index is 1.80. The van der Waals surface area contributed by atoms with Crippen LogP contribution in [0.3, 0.4) is 0 Å². The zero-order chi connectivity index (χ0) is 14.2. The van der Waals surface area contributed by atoms with Gasteiger partial charge in [-0.3, -0.25) is 0 Å². The Morgan fingerprint density at radius 2 is 2.00 bits per heavy atom. The van der Waals surface area contributed by atoms with Gasteiger partial charge in [0.1, 0.15) is 5.75 Å². The highest BCUT2D eigenvalue weighted by Crippen LogP contribution is 2.45. The smallest absolute Gasteiger partial charge is 0.119 e. The van der Waals surface area contributed by atoms with E-state index in [0.717, 1.165) is 18.7 Å². The standard InChI is InChI=1S/C19H21NO/c21-19-11-4-3-9-16(19)17-13-20-12-6-5-10-18(20)15-8-2-1-7-14(15)17/h1-4,7-9,11,14,17,21H,5-6,10,12-13H2. The molecule has 1 aliphatic carbocycles. The summed E-state index contributed by atoms with van der Waals surface area (Å²) in [5.41, 5.74) is 4.10. The molecule has 1 N–H and O–H groups in total. The molecule has 2 atom stereocenters. The summed E-state index contributed by atoms with van der Waals surface area (Å²) >= 11 is 0. The fraction of sp³-hybridized carbons (Fsp3) is 0.368. The van der Waals surface area contributed by atoms with Gasteiger partial charge in [0, 0.05) is 30.6 Å². The molecule has 1 fully saturated rings. The van der Waals surface area contributed by atoms with Crippen molar-refractivity contribution in [2.24, 2.45) is 5.92 Å². The molecule has 1 saturated heterocycles. The predicted molar refractivity (Wildman–Crippen MR) is 85.1 cm³/mol. The Kier molecular flexibility index (Phi) is 3.10. The van der Waals surface area contributed by atoms with Crippen LogP contribution in [0.1, 0.15) is 30.7 Å². The van der Waals surface area contributed by atoms with E-state index in [-0.39, 0.29) is 0 Å². The fourth-order valence-electron chi connectivity index (χ4n) is 4.06. The molecule has 0 saturated carbocycles. The number of phenols is 1. The van der Waals surface area contributed by atoms with Gasteiger partial charge in [-0.1, -0.05) is 42.5 Å². The number of aromatic hydroxyl groups is 1. The van der Waals surface area contributed by atoms with Crippen LogP contribution in [0.4, 0.5) is 0 Å². The molecular formula is C19H21NO. The first-order valence-electron chi connectivity index (χ1n) is 7.95. The van der Waals surface area contributed by atoms with Gasteiger partial charge in [0.25, 0.3) is 0 Å². The fourth-order valence-corrected chi connectivity index (χ4v) is 4.06. The van der Waals surface area contributed by atoms with Gasteiger partial charge in [-0.25, -0.2) is 0 Å². The molecule has 0 bridgehead atoms. The number of hydrogen-bond donors (Lipinski definition) is 1. The number of nitrogens with zero attached hydrogens (tertiary/aromatic N) is 1. The van der Waals surface area contributed by atoms with Crippen LogP contribution in [0.5, 0.6) is 5.75 Å². The van der Waals surface area contributed by atoms with Crippen LogP contribution in [0, 0.1) is 5.92 Å². The third-order valence-electron chi connectivity index (χ3n) is 5.06. The van der Waals surface area contributed by atoms with Crippen LogP contribution in [-0.4, -0.2) is 23.1 Å². The monoisotopic (exact) mass is 279 g/mol. The molecule has 108 valence electrons. The van der Waals surface area contributed by atoms with Crippen LogP contribution in [-0.2, 0) is 0 Å². The van der Waals surface area contributed by atoms with Crippen molar-refractivity contribution in [2.45, 2.75) is 25.2 Å². The summed E-state index contributed by atoms with van der Waals surface area (Å²) in [6, 6.07) is 7.83. The van der Waals surface area contributed by atoms with Crippen molar-refractivity contribution in [3.8, 4) is 5.75 Å². The lowest BCUT2D eigenvalue weighted by Gasteiger charge is -2.44. The maximum atomic E-state index is 10.3. The van der Waals surface area contributed by atoms with Gasteiger partial charge in [0.05, 0.1) is 0 Å². The van der Waals surface area contributed by atoms with E-state index in [2.05, 4.69) is 35.3 Å².